The van der Waals surface area contributed by atoms with E-state index in [1.54, 1.807) is 6.07 Å². The Hall–Kier alpha value is -1.92. The number of hydrogen-bond donors (Lipinski definition) is 1. The van der Waals surface area contributed by atoms with Crippen LogP contribution in [0, 0.1) is 0 Å². The second kappa shape index (κ2) is 7.10. The van der Waals surface area contributed by atoms with Gasteiger partial charge in [0.25, 0.3) is 0 Å². The fourth-order valence-corrected chi connectivity index (χ4v) is 2.60. The Labute approximate surface area is 135 Å². The third-order valence-electron chi connectivity index (χ3n) is 3.99. The first kappa shape index (κ1) is 16.0. The summed E-state index contributed by atoms with van der Waals surface area (Å²) in [6.07, 6.45) is 0.387. The van der Waals surface area contributed by atoms with Crippen molar-refractivity contribution in [2.45, 2.75) is 26.2 Å². The van der Waals surface area contributed by atoms with Gasteiger partial charge in [-0.25, -0.2) is 4.98 Å². The van der Waals surface area contributed by atoms with Gasteiger partial charge in [-0.05, 0) is 12.1 Å². The van der Waals surface area contributed by atoms with E-state index in [1.165, 1.54) is 0 Å². The Morgan fingerprint density at radius 2 is 2.17 bits per heavy atom. The Kier molecular flexibility index (Phi) is 4.93. The van der Waals surface area contributed by atoms with Gasteiger partial charge >= 0.3 is 5.97 Å². The van der Waals surface area contributed by atoms with Crippen molar-refractivity contribution < 1.29 is 14.3 Å². The Bertz CT molecular complexity index is 675. The van der Waals surface area contributed by atoms with Gasteiger partial charge in [-0.3, -0.25) is 9.69 Å². The zero-order valence-electron chi connectivity index (χ0n) is 13.7. The molecule has 2 heterocycles. The van der Waals surface area contributed by atoms with Gasteiger partial charge in [-0.15, -0.1) is 0 Å². The molecule has 1 saturated heterocycles. The standard InChI is InChI=1S/C17H23N3O3/c1-12(2)17-18-14-4-3-13(11-15(14)19-17)23-16(21)5-6-20-7-9-22-10-8-20/h3-4,11-12H,5-10H2,1-2H3,(H,18,19). The molecule has 0 aliphatic carbocycles. The number of nitrogens with one attached hydrogen (secondary N) is 1. The smallest absolute Gasteiger partial charge is 0.312 e. The number of carbonyl (C=O) groups excluding carboxylic acids is 1. The average Bonchev–Trinajstić information content (AvgIpc) is 2.97. The quantitative estimate of drug-likeness (QED) is 0.677. The molecule has 1 aliphatic rings. The number of esters is 1. The summed E-state index contributed by atoms with van der Waals surface area (Å²) in [6, 6.07) is 5.50. The molecule has 0 radical (unpaired) electrons. The van der Waals surface area contributed by atoms with Crippen molar-refractivity contribution in [3.05, 3.63) is 24.0 Å². The number of H-pyrrole nitrogens is 1. The first-order valence-corrected chi connectivity index (χ1v) is 8.12. The molecule has 1 fully saturated rings. The van der Waals surface area contributed by atoms with Crippen LogP contribution in [0.2, 0.25) is 0 Å². The maximum absolute atomic E-state index is 12.0. The molecule has 23 heavy (non-hydrogen) atoms. The Morgan fingerprint density at radius 3 is 2.91 bits per heavy atom. The summed E-state index contributed by atoms with van der Waals surface area (Å²) in [5, 5.41) is 0. The van der Waals surface area contributed by atoms with E-state index >= 15 is 0 Å². The number of ether oxygens (including phenoxy) is 2. The van der Waals surface area contributed by atoms with E-state index in [4.69, 9.17) is 9.47 Å². The van der Waals surface area contributed by atoms with Crippen LogP contribution in [0.5, 0.6) is 5.75 Å². The molecule has 0 bridgehead atoms. The van der Waals surface area contributed by atoms with Crippen LogP contribution in [0.3, 0.4) is 0 Å². The number of nitrogens with zero attached hydrogens (tertiary/aromatic N) is 2. The van der Waals surface area contributed by atoms with E-state index in [0.717, 1.165) is 43.2 Å². The highest BCUT2D eigenvalue weighted by molar-refractivity contribution is 5.79. The molecule has 0 unspecified atom stereocenters. The summed E-state index contributed by atoms with van der Waals surface area (Å²) in [6.45, 7) is 8.13. The van der Waals surface area contributed by atoms with E-state index in [1.807, 2.05) is 12.1 Å². The molecule has 6 heteroatoms. The maximum atomic E-state index is 12.0. The molecule has 2 aromatic rings. The molecule has 124 valence electrons. The minimum Gasteiger partial charge on any atom is -0.426 e. The lowest BCUT2D eigenvalue weighted by atomic mass is 10.2. The number of fused-ring (bicyclic) bond motifs is 1. The first-order chi connectivity index (χ1) is 11.1. The average molecular weight is 317 g/mol. The van der Waals surface area contributed by atoms with E-state index in [0.29, 0.717) is 24.6 Å². The van der Waals surface area contributed by atoms with Crippen molar-refractivity contribution in [1.29, 1.82) is 0 Å². The van der Waals surface area contributed by atoms with Gasteiger partial charge in [-0.1, -0.05) is 13.8 Å². The van der Waals surface area contributed by atoms with Gasteiger partial charge in [0.1, 0.15) is 11.6 Å². The van der Waals surface area contributed by atoms with Crippen molar-refractivity contribution in [3.63, 3.8) is 0 Å². The zero-order valence-corrected chi connectivity index (χ0v) is 13.7. The molecule has 1 aromatic carbocycles. The normalized spacial score (nSPS) is 16.1. The van der Waals surface area contributed by atoms with E-state index in [9.17, 15) is 4.79 Å². The van der Waals surface area contributed by atoms with Crippen LogP contribution >= 0.6 is 0 Å². The van der Waals surface area contributed by atoms with Crippen molar-refractivity contribution in [2.75, 3.05) is 32.8 Å². The van der Waals surface area contributed by atoms with E-state index < -0.39 is 0 Å². The minimum absolute atomic E-state index is 0.209. The molecule has 0 atom stereocenters. The molecule has 6 nitrogen and oxygen atoms in total. The van der Waals surface area contributed by atoms with Crippen LogP contribution in [-0.2, 0) is 9.53 Å². The highest BCUT2D eigenvalue weighted by Gasteiger charge is 2.14. The van der Waals surface area contributed by atoms with Crippen LogP contribution < -0.4 is 4.74 Å². The predicted octanol–water partition coefficient (Wildman–Crippen LogP) is 2.31. The zero-order chi connectivity index (χ0) is 16.2. The Morgan fingerprint density at radius 1 is 1.39 bits per heavy atom. The third kappa shape index (κ3) is 4.09. The predicted molar refractivity (Wildman–Crippen MR) is 87.7 cm³/mol. The molecule has 1 aromatic heterocycles. The van der Waals surface area contributed by atoms with Crippen LogP contribution in [-0.4, -0.2) is 53.7 Å². The van der Waals surface area contributed by atoms with Gasteiger partial charge in [0, 0.05) is 31.6 Å². The van der Waals surface area contributed by atoms with Gasteiger partial charge in [0.15, 0.2) is 0 Å². The van der Waals surface area contributed by atoms with Crippen LogP contribution in [0.4, 0.5) is 0 Å². The second-order valence-electron chi connectivity index (χ2n) is 6.13. The summed E-state index contributed by atoms with van der Waals surface area (Å²) < 4.78 is 10.7. The van der Waals surface area contributed by atoms with Gasteiger partial charge in [0.2, 0.25) is 0 Å². The lowest BCUT2D eigenvalue weighted by Gasteiger charge is -2.25. The number of hydrogen-bond acceptors (Lipinski definition) is 5. The molecular weight excluding hydrogens is 294 g/mol. The number of rotatable bonds is 5. The summed E-state index contributed by atoms with van der Waals surface area (Å²) in [5.41, 5.74) is 1.79. The fourth-order valence-electron chi connectivity index (χ4n) is 2.60. The van der Waals surface area contributed by atoms with E-state index in [2.05, 4.69) is 28.7 Å². The van der Waals surface area contributed by atoms with Crippen molar-refractivity contribution >= 4 is 17.0 Å². The largest absolute Gasteiger partial charge is 0.426 e. The molecule has 1 N–H and O–H groups in total. The number of aromatic nitrogens is 2. The van der Waals surface area contributed by atoms with Gasteiger partial charge < -0.3 is 14.5 Å². The summed E-state index contributed by atoms with van der Waals surface area (Å²) >= 11 is 0. The number of morpholine rings is 1. The monoisotopic (exact) mass is 317 g/mol. The number of aromatic amines is 1. The molecule has 1 aliphatic heterocycles. The highest BCUT2D eigenvalue weighted by atomic mass is 16.5. The number of imidazole rings is 1. The van der Waals surface area contributed by atoms with Crippen LogP contribution in [0.1, 0.15) is 32.0 Å². The Balaban J connectivity index is 1.58. The van der Waals surface area contributed by atoms with E-state index in [-0.39, 0.29) is 5.97 Å². The molecule has 0 saturated carbocycles. The SMILES string of the molecule is CC(C)c1nc2ccc(OC(=O)CCN3CCOCC3)cc2[nH]1. The molecular formula is C17H23N3O3. The fraction of sp³-hybridized carbons (Fsp3) is 0.529. The first-order valence-electron chi connectivity index (χ1n) is 8.12. The number of carbonyl (C=O) groups is 1. The van der Waals surface area contributed by atoms with Gasteiger partial charge in [0.05, 0.1) is 30.7 Å². The molecule has 0 spiro atoms. The van der Waals surface area contributed by atoms with Crippen molar-refractivity contribution in [2.24, 2.45) is 0 Å². The summed E-state index contributed by atoms with van der Waals surface area (Å²) in [5.74, 6) is 1.63. The molecule has 0 amide bonds. The third-order valence-corrected chi connectivity index (χ3v) is 3.99. The summed E-state index contributed by atoms with van der Waals surface area (Å²) in [4.78, 5) is 22.0. The van der Waals surface area contributed by atoms with Crippen molar-refractivity contribution in [1.82, 2.24) is 14.9 Å². The minimum atomic E-state index is -0.209. The second-order valence-corrected chi connectivity index (χ2v) is 6.13. The topological polar surface area (TPSA) is 67.4 Å². The highest BCUT2D eigenvalue weighted by Crippen LogP contribution is 2.22. The number of benzene rings is 1. The lowest BCUT2D eigenvalue weighted by Crippen LogP contribution is -2.37. The molecule has 3 rings (SSSR count). The van der Waals surface area contributed by atoms with Gasteiger partial charge in [-0.2, -0.15) is 0 Å². The maximum Gasteiger partial charge on any atom is 0.312 e. The van der Waals surface area contributed by atoms with Crippen LogP contribution in [0.15, 0.2) is 18.2 Å². The van der Waals surface area contributed by atoms with Crippen molar-refractivity contribution in [3.8, 4) is 5.75 Å². The summed E-state index contributed by atoms with van der Waals surface area (Å²) in [7, 11) is 0. The van der Waals surface area contributed by atoms with Crippen LogP contribution in [0.25, 0.3) is 11.0 Å². The lowest BCUT2D eigenvalue weighted by molar-refractivity contribution is -0.135.